The van der Waals surface area contributed by atoms with Crippen LogP contribution in [-0.4, -0.2) is 72.6 Å². The van der Waals surface area contributed by atoms with Gasteiger partial charge in [0.05, 0.1) is 6.61 Å². The van der Waals surface area contributed by atoms with Crippen LogP contribution in [0.4, 0.5) is 0 Å². The van der Waals surface area contributed by atoms with E-state index in [2.05, 4.69) is 0 Å². The Bertz CT molecular complexity index is 567. The van der Waals surface area contributed by atoms with E-state index >= 15 is 0 Å². The summed E-state index contributed by atoms with van der Waals surface area (Å²) in [5.41, 5.74) is 0.834. The predicted molar refractivity (Wildman–Crippen MR) is 89.1 cm³/mol. The van der Waals surface area contributed by atoms with E-state index in [4.69, 9.17) is 9.84 Å². The number of hydrogen-bond acceptors (Lipinski definition) is 4. The van der Waals surface area contributed by atoms with Gasteiger partial charge >= 0.3 is 5.97 Å². The number of ether oxygens (including phenoxy) is 1. The molecule has 1 rings (SSSR count). The van der Waals surface area contributed by atoms with Crippen molar-refractivity contribution in [1.29, 1.82) is 0 Å². The van der Waals surface area contributed by atoms with Gasteiger partial charge in [0.25, 0.3) is 11.8 Å². The van der Waals surface area contributed by atoms with Crippen molar-refractivity contribution < 1.29 is 24.2 Å². The van der Waals surface area contributed by atoms with Crippen LogP contribution >= 0.6 is 0 Å². The Balaban J connectivity index is 2.90. The molecule has 0 radical (unpaired) electrons. The summed E-state index contributed by atoms with van der Waals surface area (Å²) in [6.45, 7) is 5.05. The molecule has 132 valence electrons. The zero-order chi connectivity index (χ0) is 18.1. The Labute approximate surface area is 141 Å². The lowest BCUT2D eigenvalue weighted by molar-refractivity contribution is -0.137. The third-order valence-electron chi connectivity index (χ3n) is 3.61. The van der Waals surface area contributed by atoms with Gasteiger partial charge in [-0.05, 0) is 38.1 Å². The fraction of sp³-hybridized carbons (Fsp3) is 0.471. The number of hydrogen-bond donors (Lipinski definition) is 1. The number of rotatable bonds is 9. The summed E-state index contributed by atoms with van der Waals surface area (Å²) in [4.78, 5) is 38.5. The maximum Gasteiger partial charge on any atom is 0.323 e. The number of carbonyl (C=O) groups is 3. The fourth-order valence-electron chi connectivity index (χ4n) is 2.25. The Morgan fingerprint density at radius 3 is 1.79 bits per heavy atom. The lowest BCUT2D eigenvalue weighted by Crippen LogP contribution is -2.38. The molecule has 1 N–H and O–H groups in total. The second kappa shape index (κ2) is 9.67. The molecule has 0 spiro atoms. The minimum atomic E-state index is -1.09. The monoisotopic (exact) mass is 336 g/mol. The highest BCUT2D eigenvalue weighted by molar-refractivity contribution is 5.98. The van der Waals surface area contributed by atoms with Crippen LogP contribution in [-0.2, 0) is 9.53 Å². The first-order valence-electron chi connectivity index (χ1n) is 7.83. The summed E-state index contributed by atoms with van der Waals surface area (Å²) in [6, 6.07) is 6.26. The minimum Gasteiger partial charge on any atom is -0.480 e. The van der Waals surface area contributed by atoms with Gasteiger partial charge in [0.15, 0.2) is 0 Å². The number of benzene rings is 1. The second-order valence-electron chi connectivity index (χ2n) is 5.17. The summed E-state index contributed by atoms with van der Waals surface area (Å²) < 4.78 is 4.90. The molecule has 0 fully saturated rings. The second-order valence-corrected chi connectivity index (χ2v) is 5.17. The molecule has 0 bridgehead atoms. The van der Waals surface area contributed by atoms with Gasteiger partial charge in [0, 0.05) is 37.9 Å². The molecule has 0 unspecified atom stereocenters. The van der Waals surface area contributed by atoms with Crippen molar-refractivity contribution in [3.63, 3.8) is 0 Å². The van der Waals surface area contributed by atoms with Gasteiger partial charge in [-0.2, -0.15) is 0 Å². The number of methoxy groups -OCH3 is 1. The largest absolute Gasteiger partial charge is 0.480 e. The van der Waals surface area contributed by atoms with Gasteiger partial charge in [-0.1, -0.05) is 0 Å². The highest BCUT2D eigenvalue weighted by Crippen LogP contribution is 2.10. The van der Waals surface area contributed by atoms with Gasteiger partial charge in [-0.3, -0.25) is 14.4 Å². The highest BCUT2D eigenvalue weighted by Gasteiger charge is 2.19. The Morgan fingerprint density at radius 2 is 1.42 bits per heavy atom. The van der Waals surface area contributed by atoms with Gasteiger partial charge in [-0.25, -0.2) is 0 Å². The molecule has 0 saturated carbocycles. The standard InChI is InChI=1S/C17H24N2O5/c1-4-18(5-2)16(22)13-6-8-14(9-7-13)17(23)19(10-11-24-3)12-15(20)21/h6-9H,4-5,10-12H2,1-3H3,(H,20,21). The van der Waals surface area contributed by atoms with Crippen LogP contribution in [0.3, 0.4) is 0 Å². The van der Waals surface area contributed by atoms with Crippen LogP contribution in [0.25, 0.3) is 0 Å². The van der Waals surface area contributed by atoms with Crippen LogP contribution in [0.15, 0.2) is 24.3 Å². The lowest BCUT2D eigenvalue weighted by Gasteiger charge is -2.21. The van der Waals surface area contributed by atoms with E-state index in [9.17, 15) is 14.4 Å². The molecule has 7 nitrogen and oxygen atoms in total. The quantitative estimate of drug-likeness (QED) is 0.735. The zero-order valence-electron chi connectivity index (χ0n) is 14.3. The van der Waals surface area contributed by atoms with E-state index in [-0.39, 0.29) is 19.1 Å². The van der Waals surface area contributed by atoms with Crippen LogP contribution in [0, 0.1) is 0 Å². The van der Waals surface area contributed by atoms with Gasteiger partial charge in [0.1, 0.15) is 6.54 Å². The molecule has 2 amide bonds. The molecule has 1 aromatic rings. The van der Waals surface area contributed by atoms with E-state index in [0.29, 0.717) is 24.2 Å². The first kappa shape index (κ1) is 19.6. The van der Waals surface area contributed by atoms with Crippen molar-refractivity contribution in [2.75, 3.05) is 39.9 Å². The third kappa shape index (κ3) is 5.34. The zero-order valence-corrected chi connectivity index (χ0v) is 14.3. The number of amides is 2. The number of carboxylic acid groups (broad SMARTS) is 1. The molecule has 7 heteroatoms. The van der Waals surface area contributed by atoms with Crippen molar-refractivity contribution in [2.45, 2.75) is 13.8 Å². The molecule has 0 saturated heterocycles. The van der Waals surface area contributed by atoms with Crippen molar-refractivity contribution in [2.24, 2.45) is 0 Å². The third-order valence-corrected chi connectivity index (χ3v) is 3.61. The summed E-state index contributed by atoms with van der Waals surface area (Å²) in [5.74, 6) is -1.59. The van der Waals surface area contributed by atoms with Gasteiger partial charge in [0.2, 0.25) is 0 Å². The first-order chi connectivity index (χ1) is 11.4. The van der Waals surface area contributed by atoms with E-state index < -0.39 is 18.4 Å². The number of aliphatic carboxylic acids is 1. The number of carbonyl (C=O) groups excluding carboxylic acids is 2. The molecule has 0 heterocycles. The maximum atomic E-state index is 12.4. The molecule has 24 heavy (non-hydrogen) atoms. The maximum absolute atomic E-state index is 12.4. The molecule has 1 aromatic carbocycles. The molecule has 0 aliphatic carbocycles. The van der Waals surface area contributed by atoms with E-state index in [1.54, 1.807) is 29.2 Å². The van der Waals surface area contributed by atoms with Crippen LogP contribution < -0.4 is 0 Å². The Morgan fingerprint density at radius 1 is 0.958 bits per heavy atom. The van der Waals surface area contributed by atoms with E-state index in [1.165, 1.54) is 12.0 Å². The first-order valence-corrected chi connectivity index (χ1v) is 7.83. The molecule has 0 aliphatic rings. The predicted octanol–water partition coefficient (Wildman–Crippen LogP) is 1.34. The average Bonchev–Trinajstić information content (AvgIpc) is 2.58. The summed E-state index contributed by atoms with van der Waals surface area (Å²) >= 11 is 0. The minimum absolute atomic E-state index is 0.0965. The lowest BCUT2D eigenvalue weighted by atomic mass is 10.1. The van der Waals surface area contributed by atoms with Gasteiger partial charge < -0.3 is 19.6 Å². The van der Waals surface area contributed by atoms with Crippen LogP contribution in [0.1, 0.15) is 34.6 Å². The Kier molecular flexibility index (Phi) is 7.91. The number of nitrogens with zero attached hydrogens (tertiary/aromatic N) is 2. The summed E-state index contributed by atoms with van der Waals surface area (Å²) in [6.07, 6.45) is 0. The molecule has 0 aliphatic heterocycles. The highest BCUT2D eigenvalue weighted by atomic mass is 16.5. The average molecular weight is 336 g/mol. The molecular weight excluding hydrogens is 312 g/mol. The normalized spacial score (nSPS) is 10.3. The van der Waals surface area contributed by atoms with Crippen molar-refractivity contribution in [3.8, 4) is 0 Å². The van der Waals surface area contributed by atoms with E-state index in [0.717, 1.165) is 0 Å². The van der Waals surface area contributed by atoms with Crippen molar-refractivity contribution in [3.05, 3.63) is 35.4 Å². The SMILES string of the molecule is CCN(CC)C(=O)c1ccc(C(=O)N(CCOC)CC(=O)O)cc1. The van der Waals surface area contributed by atoms with Crippen LogP contribution in [0.2, 0.25) is 0 Å². The summed E-state index contributed by atoms with van der Waals surface area (Å²) in [5, 5.41) is 8.93. The molecule has 0 atom stereocenters. The molecular formula is C17H24N2O5. The van der Waals surface area contributed by atoms with Crippen LogP contribution in [0.5, 0.6) is 0 Å². The summed E-state index contributed by atoms with van der Waals surface area (Å²) in [7, 11) is 1.48. The van der Waals surface area contributed by atoms with Crippen molar-refractivity contribution in [1.82, 2.24) is 9.80 Å². The number of carboxylic acids is 1. The van der Waals surface area contributed by atoms with E-state index in [1.807, 2.05) is 13.8 Å². The topological polar surface area (TPSA) is 87.2 Å². The molecule has 0 aromatic heterocycles. The van der Waals surface area contributed by atoms with Crippen molar-refractivity contribution >= 4 is 17.8 Å². The fourth-order valence-corrected chi connectivity index (χ4v) is 2.25. The Hall–Kier alpha value is -2.41. The van der Waals surface area contributed by atoms with Gasteiger partial charge in [-0.15, -0.1) is 0 Å². The smallest absolute Gasteiger partial charge is 0.323 e.